The maximum absolute atomic E-state index is 12.3. The lowest BCUT2D eigenvalue weighted by molar-refractivity contribution is 0.0473. The maximum atomic E-state index is 12.3. The van der Waals surface area contributed by atoms with Crippen molar-refractivity contribution in [2.75, 3.05) is 0 Å². The maximum Gasteiger partial charge on any atom is 0.348 e. The molecule has 3 aromatic rings. The number of carbonyl (C=O) groups excluding carboxylic acids is 1. The summed E-state index contributed by atoms with van der Waals surface area (Å²) in [5, 5.41) is 0. The third kappa shape index (κ3) is 3.22. The van der Waals surface area contributed by atoms with Gasteiger partial charge in [-0.25, -0.2) is 9.78 Å². The Hall–Kier alpha value is -2.47. The van der Waals surface area contributed by atoms with Crippen LogP contribution in [0.25, 0.3) is 5.65 Å². The molecule has 0 unspecified atom stereocenters. The lowest BCUT2D eigenvalue weighted by atomic mass is 9.99. The van der Waals surface area contributed by atoms with E-state index in [4.69, 9.17) is 4.74 Å². The molecule has 4 rings (SSSR count). The number of pyridine rings is 1. The van der Waals surface area contributed by atoms with Crippen LogP contribution in [-0.4, -0.2) is 15.4 Å². The zero-order valence-corrected chi connectivity index (χ0v) is 14.8. The minimum absolute atomic E-state index is 0.00101. The van der Waals surface area contributed by atoms with Crippen molar-refractivity contribution < 1.29 is 9.53 Å². The Morgan fingerprint density at radius 3 is 2.96 bits per heavy atom. The molecule has 0 radical (unpaired) electrons. The van der Waals surface area contributed by atoms with E-state index in [1.165, 1.54) is 45.1 Å². The number of rotatable bonds is 3. The van der Waals surface area contributed by atoms with Gasteiger partial charge < -0.3 is 4.74 Å². The molecule has 1 aliphatic rings. The van der Waals surface area contributed by atoms with Gasteiger partial charge in [-0.2, -0.15) is 0 Å². The van der Waals surface area contributed by atoms with Gasteiger partial charge in [0.05, 0.1) is 5.69 Å². The highest BCUT2D eigenvalue weighted by molar-refractivity contribution is 7.14. The van der Waals surface area contributed by atoms with Gasteiger partial charge in [0.2, 0.25) is 0 Å². The number of fused-ring (bicyclic) bond motifs is 2. The number of ether oxygens (including phenoxy) is 1. The summed E-state index contributed by atoms with van der Waals surface area (Å²) in [4.78, 5) is 30.8. The molecule has 0 amide bonds. The molecule has 0 aromatic carbocycles. The van der Waals surface area contributed by atoms with Gasteiger partial charge in [0, 0.05) is 17.1 Å². The predicted molar refractivity (Wildman–Crippen MR) is 96.3 cm³/mol. The van der Waals surface area contributed by atoms with E-state index in [2.05, 4.69) is 4.98 Å². The number of carbonyl (C=O) groups is 1. The van der Waals surface area contributed by atoms with E-state index >= 15 is 0 Å². The highest BCUT2D eigenvalue weighted by Crippen LogP contribution is 2.30. The van der Waals surface area contributed by atoms with Crippen LogP contribution >= 0.6 is 11.3 Å². The van der Waals surface area contributed by atoms with Gasteiger partial charge in [-0.05, 0) is 55.9 Å². The largest absolute Gasteiger partial charge is 0.455 e. The first kappa shape index (κ1) is 16.0. The molecule has 0 spiro atoms. The Balaban J connectivity index is 1.52. The van der Waals surface area contributed by atoms with Crippen LogP contribution in [0.1, 0.15) is 44.2 Å². The molecular weight excluding hydrogens is 336 g/mol. The van der Waals surface area contributed by atoms with Crippen LogP contribution in [0.15, 0.2) is 35.3 Å². The molecule has 3 heterocycles. The average molecular weight is 354 g/mol. The first-order valence-corrected chi connectivity index (χ1v) is 9.19. The van der Waals surface area contributed by atoms with E-state index in [-0.39, 0.29) is 18.1 Å². The lowest BCUT2D eigenvalue weighted by Gasteiger charge is -2.08. The molecule has 0 saturated carbocycles. The van der Waals surface area contributed by atoms with E-state index in [1.54, 1.807) is 12.3 Å². The van der Waals surface area contributed by atoms with Gasteiger partial charge in [-0.3, -0.25) is 9.20 Å². The average Bonchev–Trinajstić information content (AvgIpc) is 3.04. The fourth-order valence-electron chi connectivity index (χ4n) is 3.13. The molecule has 0 saturated heterocycles. The summed E-state index contributed by atoms with van der Waals surface area (Å²) in [5.74, 6) is -0.342. The van der Waals surface area contributed by atoms with Crippen molar-refractivity contribution >= 4 is 23.0 Å². The van der Waals surface area contributed by atoms with E-state index in [0.29, 0.717) is 16.2 Å². The molecule has 25 heavy (non-hydrogen) atoms. The predicted octanol–water partition coefficient (Wildman–Crippen LogP) is 3.30. The highest BCUT2D eigenvalue weighted by atomic mass is 32.1. The molecule has 0 N–H and O–H groups in total. The first-order chi connectivity index (χ1) is 12.1. The number of aryl methyl sites for hydroxylation is 3. The summed E-state index contributed by atoms with van der Waals surface area (Å²) in [6.07, 6.45) is 6.21. The lowest BCUT2D eigenvalue weighted by Crippen LogP contribution is -2.16. The molecule has 128 valence electrons. The second-order valence-corrected chi connectivity index (χ2v) is 7.50. The fourth-order valence-corrected chi connectivity index (χ4v) is 4.28. The Labute approximate surface area is 148 Å². The molecule has 5 nitrogen and oxygen atoms in total. The summed E-state index contributed by atoms with van der Waals surface area (Å²) in [5.41, 5.74) is 3.10. The summed E-state index contributed by atoms with van der Waals surface area (Å²) in [6, 6.07) is 7.05. The summed E-state index contributed by atoms with van der Waals surface area (Å²) in [6.45, 7) is 1.92. The molecule has 1 aliphatic carbocycles. The van der Waals surface area contributed by atoms with Crippen LogP contribution in [0.4, 0.5) is 0 Å². The zero-order chi connectivity index (χ0) is 17.4. The SMILES string of the molecule is Cc1ccc2nc(COC(=O)c3cc4c(s3)CCCC4)cc(=O)n2c1. The molecular formula is C19H18N2O3S. The molecule has 0 fully saturated rings. The quantitative estimate of drug-likeness (QED) is 0.677. The Morgan fingerprint density at radius 2 is 2.12 bits per heavy atom. The molecule has 0 aliphatic heterocycles. The molecule has 0 atom stereocenters. The van der Waals surface area contributed by atoms with Crippen molar-refractivity contribution in [1.82, 2.24) is 9.38 Å². The number of nitrogens with zero attached hydrogens (tertiary/aromatic N) is 2. The van der Waals surface area contributed by atoms with E-state index in [1.807, 2.05) is 19.1 Å². The number of aromatic nitrogens is 2. The van der Waals surface area contributed by atoms with Gasteiger partial charge >= 0.3 is 5.97 Å². The van der Waals surface area contributed by atoms with E-state index in [9.17, 15) is 9.59 Å². The normalized spacial score (nSPS) is 13.6. The van der Waals surface area contributed by atoms with Crippen LogP contribution in [0.2, 0.25) is 0 Å². The summed E-state index contributed by atoms with van der Waals surface area (Å²) >= 11 is 1.53. The first-order valence-electron chi connectivity index (χ1n) is 8.38. The standard InChI is InChI=1S/C19H18N2O3S/c1-12-6-7-17-20-14(9-18(22)21(17)10-12)11-24-19(23)16-8-13-4-2-3-5-15(13)25-16/h6-10H,2-5,11H2,1H3. The van der Waals surface area contributed by atoms with Crippen molar-refractivity contribution in [2.45, 2.75) is 39.2 Å². The Bertz CT molecular complexity index is 996. The van der Waals surface area contributed by atoms with Gasteiger partial charge in [-0.15, -0.1) is 11.3 Å². The second-order valence-electron chi connectivity index (χ2n) is 6.36. The van der Waals surface area contributed by atoms with Crippen LogP contribution in [0.3, 0.4) is 0 Å². The van der Waals surface area contributed by atoms with Crippen molar-refractivity contribution in [3.8, 4) is 0 Å². The second kappa shape index (κ2) is 6.44. The van der Waals surface area contributed by atoms with Crippen molar-refractivity contribution in [1.29, 1.82) is 0 Å². The van der Waals surface area contributed by atoms with Gasteiger partial charge in [0.1, 0.15) is 17.1 Å². The summed E-state index contributed by atoms with van der Waals surface area (Å²) in [7, 11) is 0. The monoisotopic (exact) mass is 354 g/mol. The number of thiophene rings is 1. The molecule has 0 bridgehead atoms. The molecule has 6 heteroatoms. The van der Waals surface area contributed by atoms with Gasteiger partial charge in [-0.1, -0.05) is 6.07 Å². The van der Waals surface area contributed by atoms with Crippen molar-refractivity contribution in [3.63, 3.8) is 0 Å². The van der Waals surface area contributed by atoms with Crippen LogP contribution < -0.4 is 5.56 Å². The minimum Gasteiger partial charge on any atom is -0.455 e. The Morgan fingerprint density at radius 1 is 1.28 bits per heavy atom. The number of hydrogen-bond donors (Lipinski definition) is 0. The van der Waals surface area contributed by atoms with Gasteiger partial charge in [0.15, 0.2) is 0 Å². The molecule has 3 aromatic heterocycles. The fraction of sp³-hybridized carbons (Fsp3) is 0.316. The smallest absolute Gasteiger partial charge is 0.348 e. The van der Waals surface area contributed by atoms with E-state index in [0.717, 1.165) is 18.4 Å². The number of hydrogen-bond acceptors (Lipinski definition) is 5. The Kier molecular flexibility index (Phi) is 4.13. The van der Waals surface area contributed by atoms with Gasteiger partial charge in [0.25, 0.3) is 5.56 Å². The number of esters is 1. The zero-order valence-electron chi connectivity index (χ0n) is 13.9. The third-order valence-electron chi connectivity index (χ3n) is 4.41. The van der Waals surface area contributed by atoms with Crippen LogP contribution in [0, 0.1) is 6.92 Å². The minimum atomic E-state index is -0.342. The van der Waals surface area contributed by atoms with Crippen LogP contribution in [0.5, 0.6) is 0 Å². The van der Waals surface area contributed by atoms with E-state index < -0.39 is 0 Å². The highest BCUT2D eigenvalue weighted by Gasteiger charge is 2.18. The van der Waals surface area contributed by atoms with Crippen molar-refractivity contribution in [3.05, 3.63) is 67.4 Å². The topological polar surface area (TPSA) is 60.7 Å². The van der Waals surface area contributed by atoms with Crippen LogP contribution in [-0.2, 0) is 24.2 Å². The van der Waals surface area contributed by atoms with Crippen molar-refractivity contribution in [2.24, 2.45) is 0 Å². The third-order valence-corrected chi connectivity index (χ3v) is 5.63. The summed E-state index contributed by atoms with van der Waals surface area (Å²) < 4.78 is 6.87.